The number of fused-ring (bicyclic) bond motifs is 1. The van der Waals surface area contributed by atoms with Crippen LogP contribution in [-0.2, 0) is 6.42 Å². The van der Waals surface area contributed by atoms with E-state index in [1.807, 2.05) is 30.3 Å². The Kier molecular flexibility index (Phi) is 5.35. The molecule has 0 saturated carbocycles. The third-order valence-electron chi connectivity index (χ3n) is 4.63. The van der Waals surface area contributed by atoms with Gasteiger partial charge in [0.05, 0.1) is 27.0 Å². The quantitative estimate of drug-likeness (QED) is 0.473. The molecule has 4 rings (SSSR count). The van der Waals surface area contributed by atoms with Gasteiger partial charge >= 0.3 is 0 Å². The van der Waals surface area contributed by atoms with Crippen LogP contribution in [0.5, 0.6) is 0 Å². The van der Waals surface area contributed by atoms with Gasteiger partial charge < -0.3 is 10.6 Å². The first-order chi connectivity index (χ1) is 14.1. The van der Waals surface area contributed by atoms with E-state index in [-0.39, 0.29) is 11.8 Å². The fourth-order valence-corrected chi connectivity index (χ4v) is 3.72. The van der Waals surface area contributed by atoms with Crippen molar-refractivity contribution >= 4 is 44.7 Å². The molecular formula is C23H19N3O2S. The molecule has 1 heterocycles. The van der Waals surface area contributed by atoms with Crippen molar-refractivity contribution in [3.05, 3.63) is 88.9 Å². The highest BCUT2D eigenvalue weighted by Gasteiger charge is 2.15. The Labute approximate surface area is 172 Å². The lowest BCUT2D eigenvalue weighted by atomic mass is 10.1. The molecule has 0 saturated heterocycles. The van der Waals surface area contributed by atoms with Gasteiger partial charge in [-0.1, -0.05) is 31.2 Å². The molecule has 1 aromatic heterocycles. The molecule has 0 spiro atoms. The molecule has 0 aliphatic rings. The maximum Gasteiger partial charge on any atom is 0.257 e. The SMILES string of the molecule is CCc1ccc(NC(=O)c2ccccc2NC(=O)c2ccc3ncsc3c2)cc1. The lowest BCUT2D eigenvalue weighted by molar-refractivity contribution is 0.102. The van der Waals surface area contributed by atoms with Crippen LogP contribution in [0, 0.1) is 0 Å². The number of benzene rings is 3. The van der Waals surface area contributed by atoms with Crippen LogP contribution in [0.25, 0.3) is 10.2 Å². The predicted octanol–water partition coefficient (Wildman–Crippen LogP) is 5.36. The molecule has 4 aromatic rings. The molecule has 0 aliphatic heterocycles. The number of aryl methyl sites for hydroxylation is 1. The van der Waals surface area contributed by atoms with Crippen molar-refractivity contribution in [3.63, 3.8) is 0 Å². The first-order valence-corrected chi connectivity index (χ1v) is 10.2. The number of carbonyl (C=O) groups is 2. The molecule has 0 atom stereocenters. The minimum absolute atomic E-state index is 0.271. The normalized spacial score (nSPS) is 10.7. The first kappa shape index (κ1) is 18.8. The summed E-state index contributed by atoms with van der Waals surface area (Å²) in [6.07, 6.45) is 0.941. The molecule has 3 aromatic carbocycles. The van der Waals surface area contributed by atoms with Gasteiger partial charge in [-0.2, -0.15) is 0 Å². The average molecular weight is 401 g/mol. The molecule has 2 amide bonds. The molecule has 144 valence electrons. The Morgan fingerprint density at radius 2 is 1.72 bits per heavy atom. The van der Waals surface area contributed by atoms with Gasteiger partial charge in [0, 0.05) is 11.3 Å². The van der Waals surface area contributed by atoms with Crippen LogP contribution < -0.4 is 10.6 Å². The maximum atomic E-state index is 12.8. The lowest BCUT2D eigenvalue weighted by Gasteiger charge is -2.12. The Morgan fingerprint density at radius 1 is 0.931 bits per heavy atom. The minimum Gasteiger partial charge on any atom is -0.322 e. The zero-order valence-corrected chi connectivity index (χ0v) is 16.6. The van der Waals surface area contributed by atoms with E-state index in [1.54, 1.807) is 41.9 Å². The van der Waals surface area contributed by atoms with Gasteiger partial charge in [0.15, 0.2) is 0 Å². The van der Waals surface area contributed by atoms with Gasteiger partial charge in [0.1, 0.15) is 0 Å². The second-order valence-corrected chi connectivity index (χ2v) is 7.43. The number of rotatable bonds is 5. The summed E-state index contributed by atoms with van der Waals surface area (Å²) in [5.74, 6) is -0.545. The summed E-state index contributed by atoms with van der Waals surface area (Å²) in [4.78, 5) is 29.7. The Hall–Kier alpha value is -3.51. The van der Waals surface area contributed by atoms with Crippen LogP contribution in [0.3, 0.4) is 0 Å². The topological polar surface area (TPSA) is 71.1 Å². The molecule has 0 bridgehead atoms. The first-order valence-electron chi connectivity index (χ1n) is 9.28. The third-order valence-corrected chi connectivity index (χ3v) is 5.43. The number of hydrogen-bond donors (Lipinski definition) is 2. The summed E-state index contributed by atoms with van der Waals surface area (Å²) in [6.45, 7) is 2.08. The second-order valence-electron chi connectivity index (χ2n) is 6.54. The average Bonchev–Trinajstić information content (AvgIpc) is 3.22. The fraction of sp³-hybridized carbons (Fsp3) is 0.0870. The van der Waals surface area contributed by atoms with Crippen molar-refractivity contribution in [2.24, 2.45) is 0 Å². The maximum absolute atomic E-state index is 12.8. The number of carbonyl (C=O) groups excluding carboxylic acids is 2. The van der Waals surface area contributed by atoms with E-state index in [0.717, 1.165) is 16.6 Å². The van der Waals surface area contributed by atoms with Crippen molar-refractivity contribution in [1.82, 2.24) is 4.98 Å². The number of amides is 2. The van der Waals surface area contributed by atoms with E-state index in [2.05, 4.69) is 22.5 Å². The number of hydrogen-bond acceptors (Lipinski definition) is 4. The predicted molar refractivity (Wildman–Crippen MR) is 118 cm³/mol. The highest BCUT2D eigenvalue weighted by atomic mass is 32.1. The van der Waals surface area contributed by atoms with Gasteiger partial charge in [0.25, 0.3) is 11.8 Å². The molecule has 0 unspecified atom stereocenters. The van der Waals surface area contributed by atoms with E-state index < -0.39 is 0 Å². The monoisotopic (exact) mass is 401 g/mol. The van der Waals surface area contributed by atoms with Crippen molar-refractivity contribution in [3.8, 4) is 0 Å². The lowest BCUT2D eigenvalue weighted by Crippen LogP contribution is -2.18. The van der Waals surface area contributed by atoms with E-state index in [1.165, 1.54) is 16.9 Å². The fourth-order valence-electron chi connectivity index (χ4n) is 3.00. The van der Waals surface area contributed by atoms with Gasteiger partial charge in [0.2, 0.25) is 0 Å². The van der Waals surface area contributed by atoms with Crippen LogP contribution in [0.1, 0.15) is 33.2 Å². The van der Waals surface area contributed by atoms with Gasteiger partial charge in [-0.15, -0.1) is 11.3 Å². The van der Waals surface area contributed by atoms with Crippen molar-refractivity contribution in [2.45, 2.75) is 13.3 Å². The third kappa shape index (κ3) is 4.17. The summed E-state index contributed by atoms with van der Waals surface area (Å²) in [5.41, 5.74) is 5.91. The second kappa shape index (κ2) is 8.24. The minimum atomic E-state index is -0.275. The van der Waals surface area contributed by atoms with E-state index in [0.29, 0.717) is 22.5 Å². The summed E-state index contributed by atoms with van der Waals surface area (Å²) in [6, 6.07) is 20.1. The largest absolute Gasteiger partial charge is 0.322 e. The van der Waals surface area contributed by atoms with E-state index >= 15 is 0 Å². The van der Waals surface area contributed by atoms with Crippen LogP contribution in [0.4, 0.5) is 11.4 Å². The van der Waals surface area contributed by atoms with Gasteiger partial charge in [-0.3, -0.25) is 9.59 Å². The molecule has 29 heavy (non-hydrogen) atoms. The summed E-state index contributed by atoms with van der Waals surface area (Å²) in [7, 11) is 0. The van der Waals surface area contributed by atoms with E-state index in [4.69, 9.17) is 0 Å². The number of nitrogens with one attached hydrogen (secondary N) is 2. The van der Waals surface area contributed by atoms with Crippen LogP contribution >= 0.6 is 11.3 Å². The van der Waals surface area contributed by atoms with Crippen LogP contribution in [0.2, 0.25) is 0 Å². The number of thiazole rings is 1. The van der Waals surface area contributed by atoms with Crippen LogP contribution in [-0.4, -0.2) is 16.8 Å². The molecular weight excluding hydrogens is 382 g/mol. The zero-order chi connectivity index (χ0) is 20.2. The Balaban J connectivity index is 1.53. The number of aromatic nitrogens is 1. The van der Waals surface area contributed by atoms with Crippen molar-refractivity contribution in [1.29, 1.82) is 0 Å². The summed E-state index contributed by atoms with van der Waals surface area (Å²) >= 11 is 1.48. The summed E-state index contributed by atoms with van der Waals surface area (Å²) < 4.78 is 0.944. The van der Waals surface area contributed by atoms with Gasteiger partial charge in [-0.25, -0.2) is 4.98 Å². The Morgan fingerprint density at radius 3 is 2.52 bits per heavy atom. The molecule has 6 heteroatoms. The smallest absolute Gasteiger partial charge is 0.257 e. The van der Waals surface area contributed by atoms with Crippen molar-refractivity contribution in [2.75, 3.05) is 10.6 Å². The molecule has 0 fully saturated rings. The molecule has 0 radical (unpaired) electrons. The molecule has 5 nitrogen and oxygen atoms in total. The molecule has 2 N–H and O–H groups in total. The number of nitrogens with zero attached hydrogens (tertiary/aromatic N) is 1. The number of para-hydroxylation sites is 1. The van der Waals surface area contributed by atoms with E-state index in [9.17, 15) is 9.59 Å². The Bertz CT molecular complexity index is 1180. The van der Waals surface area contributed by atoms with Crippen molar-refractivity contribution < 1.29 is 9.59 Å². The summed E-state index contributed by atoms with van der Waals surface area (Å²) in [5, 5.41) is 5.74. The number of anilines is 2. The standard InChI is InChI=1S/C23H19N3O2S/c1-2-15-7-10-17(11-8-15)25-23(28)18-5-3-4-6-19(18)26-22(27)16-9-12-20-21(13-16)29-14-24-20/h3-14H,2H2,1H3,(H,25,28)(H,26,27). The zero-order valence-electron chi connectivity index (χ0n) is 15.8. The highest BCUT2D eigenvalue weighted by Crippen LogP contribution is 2.22. The van der Waals surface area contributed by atoms with Crippen LogP contribution in [0.15, 0.2) is 72.2 Å². The molecule has 0 aliphatic carbocycles. The highest BCUT2D eigenvalue weighted by molar-refractivity contribution is 7.16. The van der Waals surface area contributed by atoms with Gasteiger partial charge in [-0.05, 0) is 54.4 Å².